The summed E-state index contributed by atoms with van der Waals surface area (Å²) in [6.45, 7) is 0. The van der Waals surface area contributed by atoms with Crippen molar-refractivity contribution in [2.24, 2.45) is 0 Å². The predicted octanol–water partition coefficient (Wildman–Crippen LogP) is -1.91. The van der Waals surface area contributed by atoms with Gasteiger partial charge in [-0.05, 0) is 0 Å². The molecule has 0 bridgehead atoms. The monoisotopic (exact) mass is 163 g/mol. The summed E-state index contributed by atoms with van der Waals surface area (Å²) in [4.78, 5) is 0. The Morgan fingerprint density at radius 2 is 2.00 bits per heavy atom. The van der Waals surface area contributed by atoms with Crippen molar-refractivity contribution in [1.29, 1.82) is 0 Å². The Bertz CT molecular complexity index is 291. The molecule has 0 atom stereocenters. The van der Waals surface area contributed by atoms with Crippen LogP contribution in [0.3, 0.4) is 0 Å². The fourth-order valence-corrected chi connectivity index (χ4v) is 0.603. The molecule has 1 heterocycles. The van der Waals surface area contributed by atoms with Gasteiger partial charge in [-0.25, -0.2) is 0 Å². The van der Waals surface area contributed by atoms with E-state index in [0.29, 0.717) is 0 Å². The lowest BCUT2D eigenvalue weighted by Gasteiger charge is -2.02. The van der Waals surface area contributed by atoms with Crippen molar-refractivity contribution in [1.82, 2.24) is 0 Å². The first-order valence-corrected chi connectivity index (χ1v) is 3.26. The van der Waals surface area contributed by atoms with Crippen molar-refractivity contribution >= 4 is 7.32 Å². The minimum atomic E-state index is -2.10. The molecule has 12 heavy (non-hydrogen) atoms. The molecule has 0 aliphatic heterocycles. The van der Waals surface area contributed by atoms with Gasteiger partial charge in [0, 0.05) is 12.1 Å². The summed E-state index contributed by atoms with van der Waals surface area (Å²) in [6, 6.07) is 7.86. The Balaban J connectivity index is 2.55. The summed E-state index contributed by atoms with van der Waals surface area (Å²) in [5, 5.41) is 18.1. The van der Waals surface area contributed by atoms with E-state index in [1.54, 1.807) is 24.5 Å². The van der Waals surface area contributed by atoms with E-state index < -0.39 is 7.32 Å². The first kappa shape index (κ1) is 8.59. The molecule has 0 saturated heterocycles. The van der Waals surface area contributed by atoms with Gasteiger partial charge >= 0.3 is 7.32 Å². The topological polar surface area (TPSA) is 56.4 Å². The fourth-order valence-electron chi connectivity index (χ4n) is 0.603. The van der Waals surface area contributed by atoms with E-state index in [1.165, 1.54) is 4.57 Å². The molecule has 0 aliphatic carbocycles. The molecule has 60 valence electrons. The van der Waals surface area contributed by atoms with Crippen LogP contribution in [0.2, 0.25) is 0 Å². The largest absolute Gasteiger partial charge is 0.820 e. The number of pyridine rings is 1. The van der Waals surface area contributed by atoms with Crippen molar-refractivity contribution in [3.8, 4) is 12.2 Å². The second-order valence-electron chi connectivity index (χ2n) is 1.92. The van der Waals surface area contributed by atoms with Gasteiger partial charge in [-0.3, -0.25) is 0 Å². The standard InChI is InChI=1S/C7H6BNO3/c10-8(11)12-7-6-9-4-2-1-3-5-9/h1-5,10H. The Labute approximate surface area is 70.2 Å². The third-order valence-corrected chi connectivity index (χ3v) is 1.05. The lowest BCUT2D eigenvalue weighted by Crippen LogP contribution is -2.33. The molecule has 0 aromatic carbocycles. The van der Waals surface area contributed by atoms with Crippen LogP contribution >= 0.6 is 0 Å². The second-order valence-corrected chi connectivity index (χ2v) is 1.92. The van der Waals surface area contributed by atoms with E-state index in [9.17, 15) is 5.02 Å². The lowest BCUT2D eigenvalue weighted by molar-refractivity contribution is -0.583. The Hall–Kier alpha value is -1.51. The zero-order valence-electron chi connectivity index (χ0n) is 6.18. The molecule has 5 heteroatoms. The molecule has 1 aromatic rings. The highest BCUT2D eigenvalue weighted by Crippen LogP contribution is 1.74. The zero-order valence-corrected chi connectivity index (χ0v) is 6.18. The number of nitrogens with zero attached hydrogens (tertiary/aromatic N) is 1. The van der Waals surface area contributed by atoms with Gasteiger partial charge in [0.1, 0.15) is 0 Å². The van der Waals surface area contributed by atoms with E-state index in [1.807, 2.05) is 6.07 Å². The molecule has 0 aliphatic rings. The third-order valence-electron chi connectivity index (χ3n) is 1.05. The van der Waals surface area contributed by atoms with Gasteiger partial charge in [0.2, 0.25) is 0 Å². The van der Waals surface area contributed by atoms with Crippen LogP contribution in [-0.2, 0) is 4.65 Å². The van der Waals surface area contributed by atoms with Gasteiger partial charge < -0.3 is 14.7 Å². The van der Waals surface area contributed by atoms with Crippen molar-refractivity contribution < 1.29 is 19.3 Å². The second kappa shape index (κ2) is 4.39. The van der Waals surface area contributed by atoms with Crippen molar-refractivity contribution in [3.63, 3.8) is 0 Å². The summed E-state index contributed by atoms with van der Waals surface area (Å²) in [5.74, 6) is 0. The van der Waals surface area contributed by atoms with Crippen LogP contribution < -0.4 is 9.59 Å². The number of hydrogen-bond donors (Lipinski definition) is 1. The van der Waals surface area contributed by atoms with Crippen LogP contribution in [0.1, 0.15) is 0 Å². The van der Waals surface area contributed by atoms with Gasteiger partial charge in [0.25, 0.3) is 6.04 Å². The van der Waals surface area contributed by atoms with E-state index in [4.69, 9.17) is 5.02 Å². The molecule has 0 saturated carbocycles. The van der Waals surface area contributed by atoms with Crippen LogP contribution in [-0.4, -0.2) is 12.3 Å². The highest BCUT2D eigenvalue weighted by atomic mass is 16.6. The molecule has 0 amide bonds. The minimum absolute atomic E-state index is 1.50. The average Bonchev–Trinajstić information content (AvgIpc) is 2.05. The molecule has 0 fully saturated rings. The molecule has 1 rings (SSSR count). The molecule has 0 unspecified atom stereocenters. The van der Waals surface area contributed by atoms with Gasteiger partial charge in [-0.15, -0.1) is 4.57 Å². The van der Waals surface area contributed by atoms with Crippen molar-refractivity contribution in [2.45, 2.75) is 0 Å². The number of hydrogen-bond acceptors (Lipinski definition) is 3. The summed E-state index contributed by atoms with van der Waals surface area (Å²) in [7, 11) is -2.10. The Morgan fingerprint density at radius 3 is 2.58 bits per heavy atom. The molecule has 1 N–H and O–H groups in total. The van der Waals surface area contributed by atoms with Crippen LogP contribution in [0.4, 0.5) is 0 Å². The van der Waals surface area contributed by atoms with Crippen LogP contribution in [0.5, 0.6) is 0 Å². The van der Waals surface area contributed by atoms with Crippen molar-refractivity contribution in [3.05, 3.63) is 30.6 Å². The lowest BCUT2D eigenvalue weighted by atomic mass is 10.3. The number of rotatable bonds is 1. The Kier molecular flexibility index (Phi) is 3.14. The molecule has 1 aromatic heterocycles. The predicted molar refractivity (Wildman–Crippen MR) is 38.9 cm³/mol. The first-order chi connectivity index (χ1) is 5.79. The molecule has 0 radical (unpaired) electrons. The van der Waals surface area contributed by atoms with Gasteiger partial charge in [0.05, 0.1) is 0 Å². The number of aromatic nitrogens is 1. The maximum Gasteiger partial charge on any atom is 0.428 e. The van der Waals surface area contributed by atoms with Crippen molar-refractivity contribution in [2.75, 3.05) is 0 Å². The smallest absolute Gasteiger partial charge is 0.428 e. The quantitative estimate of drug-likeness (QED) is 0.298. The highest BCUT2D eigenvalue weighted by molar-refractivity contribution is 6.30. The zero-order chi connectivity index (χ0) is 8.81. The van der Waals surface area contributed by atoms with E-state index in [-0.39, 0.29) is 0 Å². The fraction of sp³-hybridized carbons (Fsp3) is 0. The highest BCUT2D eigenvalue weighted by Gasteiger charge is 1.91. The maximum absolute atomic E-state index is 9.94. The van der Waals surface area contributed by atoms with Crippen LogP contribution in [0, 0.1) is 12.2 Å². The Morgan fingerprint density at radius 1 is 1.33 bits per heavy atom. The molecule has 0 spiro atoms. The van der Waals surface area contributed by atoms with E-state index in [0.717, 1.165) is 0 Å². The summed E-state index contributed by atoms with van der Waals surface area (Å²) >= 11 is 0. The summed E-state index contributed by atoms with van der Waals surface area (Å²) in [6.07, 6.45) is 5.43. The molecule has 4 nitrogen and oxygen atoms in total. The van der Waals surface area contributed by atoms with Gasteiger partial charge in [0.15, 0.2) is 18.5 Å². The summed E-state index contributed by atoms with van der Waals surface area (Å²) in [5.41, 5.74) is 0. The average molecular weight is 163 g/mol. The van der Waals surface area contributed by atoms with Gasteiger partial charge in [-0.2, -0.15) is 0 Å². The SMILES string of the molecule is [O-]B(O)OC#C[n+]1ccccc1. The summed E-state index contributed by atoms with van der Waals surface area (Å²) < 4.78 is 5.57. The van der Waals surface area contributed by atoms with Crippen LogP contribution in [0.15, 0.2) is 30.6 Å². The maximum atomic E-state index is 9.94. The normalized spacial score (nSPS) is 8.17. The molecular weight excluding hydrogens is 157 g/mol. The molecular formula is C7H6BNO3. The van der Waals surface area contributed by atoms with Crippen LogP contribution in [0.25, 0.3) is 0 Å². The van der Waals surface area contributed by atoms with Gasteiger partial charge in [-0.1, -0.05) is 6.07 Å². The first-order valence-electron chi connectivity index (χ1n) is 3.26. The van der Waals surface area contributed by atoms with E-state index >= 15 is 0 Å². The third kappa shape index (κ3) is 3.06. The minimum Gasteiger partial charge on any atom is -0.820 e. The van der Waals surface area contributed by atoms with E-state index in [2.05, 4.69) is 16.8 Å².